The van der Waals surface area contributed by atoms with E-state index in [4.69, 9.17) is 57.9 Å². The van der Waals surface area contributed by atoms with Crippen LogP contribution in [-0.4, -0.2) is 10.2 Å². The smallest absolute Gasteiger partial charge is 0.118 e. The normalized spacial score (nSPS) is 13.8. The zero-order valence-electron chi connectivity index (χ0n) is 11.7. The second kappa shape index (κ2) is 7.34. The maximum absolute atomic E-state index is 9.47. The molecular weight excluding hydrogens is 382 g/mol. The Hall–Kier alpha value is -0.880. The van der Waals surface area contributed by atoms with Gasteiger partial charge in [0.15, 0.2) is 0 Å². The molecule has 2 rings (SSSR count). The summed E-state index contributed by atoms with van der Waals surface area (Å²) in [4.78, 5) is 0. The van der Waals surface area contributed by atoms with Gasteiger partial charge in [-0.2, -0.15) is 0 Å². The summed E-state index contributed by atoms with van der Waals surface area (Å²) in [5.74, 6) is -0.102. The van der Waals surface area contributed by atoms with Crippen molar-refractivity contribution in [2.24, 2.45) is 11.5 Å². The highest BCUT2D eigenvalue weighted by atomic mass is 35.5. The van der Waals surface area contributed by atoms with Crippen LogP contribution < -0.4 is 11.5 Å². The maximum atomic E-state index is 9.47. The highest BCUT2D eigenvalue weighted by Crippen LogP contribution is 2.39. The molecule has 2 aromatic rings. The van der Waals surface area contributed by atoms with E-state index < -0.39 is 12.1 Å². The summed E-state index contributed by atoms with van der Waals surface area (Å²) >= 11 is 24.4. The van der Waals surface area contributed by atoms with E-state index in [2.05, 4.69) is 0 Å². The van der Waals surface area contributed by atoms with Gasteiger partial charge in [0, 0.05) is 23.2 Å². The van der Waals surface area contributed by atoms with Crippen molar-refractivity contribution in [1.82, 2.24) is 0 Å². The molecule has 23 heavy (non-hydrogen) atoms. The first-order valence-corrected chi connectivity index (χ1v) is 8.08. The standard InChI is InChI=1S/C15H14Cl4N2O2/c16-8-1-6(22)2-9(17)14(8)12(20)5-13(21)15-10(18)3-7(23)4-11(15)19/h1-4,12-13,22-23H,5,20-21H2/t12-,13+. The van der Waals surface area contributed by atoms with Gasteiger partial charge in [-0.05, 0) is 30.7 Å². The number of halogens is 4. The molecule has 0 bridgehead atoms. The lowest BCUT2D eigenvalue weighted by atomic mass is 9.95. The zero-order chi connectivity index (χ0) is 17.3. The Morgan fingerprint density at radius 3 is 1.22 bits per heavy atom. The minimum Gasteiger partial charge on any atom is -0.508 e. The molecule has 8 heteroatoms. The van der Waals surface area contributed by atoms with Crippen LogP contribution in [0.15, 0.2) is 24.3 Å². The van der Waals surface area contributed by atoms with E-state index in [0.29, 0.717) is 11.1 Å². The average molecular weight is 396 g/mol. The van der Waals surface area contributed by atoms with Gasteiger partial charge in [0.1, 0.15) is 11.5 Å². The molecule has 124 valence electrons. The van der Waals surface area contributed by atoms with Crippen LogP contribution in [0, 0.1) is 0 Å². The van der Waals surface area contributed by atoms with Crippen molar-refractivity contribution in [2.45, 2.75) is 18.5 Å². The molecule has 6 N–H and O–H groups in total. The zero-order valence-corrected chi connectivity index (χ0v) is 14.8. The van der Waals surface area contributed by atoms with Crippen molar-refractivity contribution in [3.63, 3.8) is 0 Å². The minimum absolute atomic E-state index is 0.0510. The van der Waals surface area contributed by atoms with E-state index in [-0.39, 0.29) is 38.0 Å². The van der Waals surface area contributed by atoms with Gasteiger partial charge in [-0.15, -0.1) is 0 Å². The van der Waals surface area contributed by atoms with Gasteiger partial charge in [0.2, 0.25) is 0 Å². The molecule has 0 saturated carbocycles. The van der Waals surface area contributed by atoms with Gasteiger partial charge < -0.3 is 21.7 Å². The summed E-state index contributed by atoms with van der Waals surface area (Å²) in [5.41, 5.74) is 13.3. The van der Waals surface area contributed by atoms with Crippen LogP contribution in [0.5, 0.6) is 11.5 Å². The van der Waals surface area contributed by atoms with Gasteiger partial charge >= 0.3 is 0 Å². The van der Waals surface area contributed by atoms with Gasteiger partial charge in [0.05, 0.1) is 20.1 Å². The molecule has 0 unspecified atom stereocenters. The van der Waals surface area contributed by atoms with Crippen LogP contribution in [0.4, 0.5) is 0 Å². The monoisotopic (exact) mass is 394 g/mol. The van der Waals surface area contributed by atoms with Crippen LogP contribution in [-0.2, 0) is 0 Å². The van der Waals surface area contributed by atoms with Crippen LogP contribution in [0.3, 0.4) is 0 Å². The Bertz CT molecular complexity index is 632. The van der Waals surface area contributed by atoms with Crippen molar-refractivity contribution in [3.05, 3.63) is 55.5 Å². The number of hydrogen-bond donors (Lipinski definition) is 4. The predicted octanol–water partition coefficient (Wildman–Crippen LogP) is 4.80. The first-order chi connectivity index (χ1) is 10.7. The Morgan fingerprint density at radius 2 is 0.957 bits per heavy atom. The fraction of sp³-hybridized carbons (Fsp3) is 0.200. The second-order valence-corrected chi connectivity index (χ2v) is 6.72. The molecule has 4 nitrogen and oxygen atoms in total. The van der Waals surface area contributed by atoms with Gasteiger partial charge in [-0.25, -0.2) is 0 Å². The van der Waals surface area contributed by atoms with Gasteiger partial charge in [-0.1, -0.05) is 46.4 Å². The second-order valence-electron chi connectivity index (χ2n) is 5.09. The van der Waals surface area contributed by atoms with Crippen LogP contribution in [0.1, 0.15) is 29.6 Å². The van der Waals surface area contributed by atoms with Crippen molar-refractivity contribution < 1.29 is 10.2 Å². The van der Waals surface area contributed by atoms with Gasteiger partial charge in [-0.3, -0.25) is 0 Å². The highest BCUT2D eigenvalue weighted by Gasteiger charge is 2.22. The third kappa shape index (κ3) is 4.15. The maximum Gasteiger partial charge on any atom is 0.118 e. The summed E-state index contributed by atoms with van der Waals surface area (Å²) < 4.78 is 0. The molecule has 0 aliphatic heterocycles. The Labute approximate surface area is 153 Å². The summed E-state index contributed by atoms with van der Waals surface area (Å²) in [6.45, 7) is 0. The van der Waals surface area contributed by atoms with E-state index in [1.807, 2.05) is 0 Å². The van der Waals surface area contributed by atoms with Crippen LogP contribution in [0.2, 0.25) is 20.1 Å². The molecule has 0 fully saturated rings. The Balaban J connectivity index is 2.29. The molecule has 0 aliphatic rings. The molecule has 2 atom stereocenters. The summed E-state index contributed by atoms with van der Waals surface area (Å²) in [6, 6.07) is 4.24. The predicted molar refractivity (Wildman–Crippen MR) is 94.7 cm³/mol. The number of rotatable bonds is 4. The third-order valence-electron chi connectivity index (χ3n) is 3.38. The molecule has 0 amide bonds. The fourth-order valence-corrected chi connectivity index (χ4v) is 3.87. The Morgan fingerprint density at radius 1 is 0.696 bits per heavy atom. The number of nitrogens with two attached hydrogens (primary N) is 2. The summed E-state index contributed by atoms with van der Waals surface area (Å²) in [7, 11) is 0. The number of benzene rings is 2. The highest BCUT2D eigenvalue weighted by molar-refractivity contribution is 6.37. The number of phenolic OH excluding ortho intramolecular Hbond substituents is 2. The lowest BCUT2D eigenvalue weighted by Crippen LogP contribution is -2.21. The van der Waals surface area contributed by atoms with Crippen molar-refractivity contribution in [1.29, 1.82) is 0 Å². The number of hydrogen-bond acceptors (Lipinski definition) is 4. The molecule has 0 heterocycles. The first kappa shape index (κ1) is 18.5. The first-order valence-electron chi connectivity index (χ1n) is 6.57. The van der Waals surface area contributed by atoms with E-state index in [0.717, 1.165) is 0 Å². The quantitative estimate of drug-likeness (QED) is 0.598. The summed E-state index contributed by atoms with van der Waals surface area (Å²) in [6.07, 6.45) is 0.258. The average Bonchev–Trinajstić information content (AvgIpc) is 2.35. The fourth-order valence-electron chi connectivity index (χ4n) is 2.36. The van der Waals surface area contributed by atoms with E-state index >= 15 is 0 Å². The molecule has 0 aromatic heterocycles. The molecule has 0 aliphatic carbocycles. The topological polar surface area (TPSA) is 92.5 Å². The molecular formula is C15H14Cl4N2O2. The molecule has 0 spiro atoms. The minimum atomic E-state index is -0.591. The molecule has 2 aromatic carbocycles. The molecule has 0 radical (unpaired) electrons. The van der Waals surface area contributed by atoms with Crippen LogP contribution in [0.25, 0.3) is 0 Å². The van der Waals surface area contributed by atoms with E-state index in [1.165, 1.54) is 24.3 Å². The van der Waals surface area contributed by atoms with Crippen molar-refractivity contribution in [2.75, 3.05) is 0 Å². The van der Waals surface area contributed by atoms with E-state index in [1.54, 1.807) is 0 Å². The summed E-state index contributed by atoms with van der Waals surface area (Å²) in [5, 5.41) is 19.9. The van der Waals surface area contributed by atoms with Crippen molar-refractivity contribution >= 4 is 46.4 Å². The third-order valence-corrected chi connectivity index (χ3v) is 4.63. The number of aromatic hydroxyl groups is 2. The molecule has 0 saturated heterocycles. The lowest BCUT2D eigenvalue weighted by Gasteiger charge is -2.21. The lowest BCUT2D eigenvalue weighted by molar-refractivity contribution is 0.474. The number of phenols is 2. The SMILES string of the molecule is N[C@H](C[C@H](N)c1c(Cl)cc(O)cc1Cl)c1c(Cl)cc(O)cc1Cl. The Kier molecular flexibility index (Phi) is 5.89. The van der Waals surface area contributed by atoms with Gasteiger partial charge in [0.25, 0.3) is 0 Å². The van der Waals surface area contributed by atoms with Crippen LogP contribution >= 0.6 is 46.4 Å². The largest absolute Gasteiger partial charge is 0.508 e. The van der Waals surface area contributed by atoms with E-state index in [9.17, 15) is 10.2 Å². The van der Waals surface area contributed by atoms with Crippen molar-refractivity contribution in [3.8, 4) is 11.5 Å².